The van der Waals surface area contributed by atoms with Crippen LogP contribution in [0.1, 0.15) is 36.0 Å². The molecule has 20 heavy (non-hydrogen) atoms. The summed E-state index contributed by atoms with van der Waals surface area (Å²) in [6.07, 6.45) is 4.44. The van der Waals surface area contributed by atoms with E-state index in [1.807, 2.05) is 0 Å². The number of aliphatic hydroxyl groups excluding tert-OH is 1. The molecule has 1 aromatic carbocycles. The van der Waals surface area contributed by atoms with Gasteiger partial charge in [-0.2, -0.15) is 0 Å². The maximum atomic E-state index is 12.1. The van der Waals surface area contributed by atoms with Crippen LogP contribution in [0.25, 0.3) is 0 Å². The third-order valence-electron chi connectivity index (χ3n) is 4.07. The molecule has 0 aliphatic heterocycles. The normalized spacial score (nSPS) is 22.4. The van der Waals surface area contributed by atoms with Crippen LogP contribution in [0.4, 0.5) is 11.4 Å². The monoisotopic (exact) mass is 277 g/mol. The van der Waals surface area contributed by atoms with Crippen LogP contribution in [0.15, 0.2) is 18.2 Å². The summed E-state index contributed by atoms with van der Waals surface area (Å²) < 4.78 is 0. The molecule has 5 nitrogen and oxygen atoms in total. The van der Waals surface area contributed by atoms with Crippen molar-refractivity contribution in [3.8, 4) is 0 Å². The molecule has 1 aliphatic carbocycles. The Hall–Kier alpha value is -1.75. The van der Waals surface area contributed by atoms with Crippen molar-refractivity contribution in [2.75, 3.05) is 24.6 Å². The number of nitrogens with one attached hydrogen (secondary N) is 1. The molecule has 2 rings (SSSR count). The smallest absolute Gasteiger partial charge is 0.251 e. The van der Waals surface area contributed by atoms with E-state index in [1.165, 1.54) is 12.8 Å². The van der Waals surface area contributed by atoms with Crippen LogP contribution in [-0.2, 0) is 0 Å². The largest absolute Gasteiger partial charge is 0.399 e. The third-order valence-corrected chi connectivity index (χ3v) is 4.07. The van der Waals surface area contributed by atoms with E-state index in [-0.39, 0.29) is 12.5 Å². The molecule has 5 heteroatoms. The average Bonchev–Trinajstić information content (AvgIpc) is 2.44. The van der Waals surface area contributed by atoms with Gasteiger partial charge in [-0.05, 0) is 42.9 Å². The summed E-state index contributed by atoms with van der Waals surface area (Å²) in [6.45, 7) is 0.796. The summed E-state index contributed by atoms with van der Waals surface area (Å²) >= 11 is 0. The molecule has 2 atom stereocenters. The molecule has 0 aromatic heterocycles. The molecule has 1 saturated carbocycles. The van der Waals surface area contributed by atoms with E-state index in [9.17, 15) is 9.90 Å². The van der Waals surface area contributed by atoms with Crippen LogP contribution in [0.5, 0.6) is 0 Å². The number of rotatable bonds is 4. The molecule has 1 amide bonds. The summed E-state index contributed by atoms with van der Waals surface area (Å²) in [5, 5.41) is 12.3. The van der Waals surface area contributed by atoms with E-state index in [0.717, 1.165) is 12.8 Å². The highest BCUT2D eigenvalue weighted by atomic mass is 16.3. The molecule has 0 heterocycles. The van der Waals surface area contributed by atoms with E-state index < -0.39 is 0 Å². The summed E-state index contributed by atoms with van der Waals surface area (Å²) in [4.78, 5) is 12.1. The molecule has 0 saturated heterocycles. The number of carbonyl (C=O) groups excluding carboxylic acids is 1. The minimum Gasteiger partial charge on any atom is -0.399 e. The number of hydrogen-bond acceptors (Lipinski definition) is 4. The van der Waals surface area contributed by atoms with Gasteiger partial charge >= 0.3 is 0 Å². The van der Waals surface area contributed by atoms with Gasteiger partial charge in [0, 0.05) is 30.1 Å². The number of anilines is 2. The number of carbonyl (C=O) groups is 1. The van der Waals surface area contributed by atoms with E-state index in [0.29, 0.717) is 35.3 Å². The van der Waals surface area contributed by atoms with Gasteiger partial charge in [-0.25, -0.2) is 0 Å². The van der Waals surface area contributed by atoms with E-state index in [4.69, 9.17) is 11.5 Å². The topological polar surface area (TPSA) is 101 Å². The van der Waals surface area contributed by atoms with Crippen LogP contribution in [0.2, 0.25) is 0 Å². The minimum atomic E-state index is -0.161. The molecular weight excluding hydrogens is 254 g/mol. The van der Waals surface area contributed by atoms with Crippen molar-refractivity contribution in [3.63, 3.8) is 0 Å². The number of amides is 1. The third kappa shape index (κ3) is 3.63. The lowest BCUT2D eigenvalue weighted by atomic mass is 9.79. The fourth-order valence-corrected chi connectivity index (χ4v) is 2.93. The maximum absolute atomic E-state index is 12.1. The summed E-state index contributed by atoms with van der Waals surface area (Å²) in [6, 6.07) is 4.87. The quantitative estimate of drug-likeness (QED) is 0.624. The van der Waals surface area contributed by atoms with Crippen molar-refractivity contribution in [3.05, 3.63) is 23.8 Å². The number of benzene rings is 1. The molecule has 2 unspecified atom stereocenters. The average molecular weight is 277 g/mol. The summed E-state index contributed by atoms with van der Waals surface area (Å²) in [5.41, 5.74) is 12.8. The lowest BCUT2D eigenvalue weighted by molar-refractivity contribution is 0.0909. The first kappa shape index (κ1) is 14.7. The molecule has 0 radical (unpaired) electrons. The van der Waals surface area contributed by atoms with E-state index in [1.54, 1.807) is 18.2 Å². The first-order chi connectivity index (χ1) is 9.60. The minimum absolute atomic E-state index is 0.161. The van der Waals surface area contributed by atoms with Gasteiger partial charge in [0.2, 0.25) is 0 Å². The molecule has 1 aliphatic rings. The van der Waals surface area contributed by atoms with Gasteiger partial charge in [-0.15, -0.1) is 0 Å². The fourth-order valence-electron chi connectivity index (χ4n) is 2.93. The standard InChI is InChI=1S/C15H23N3O2/c16-13-5-12(6-14(17)7-13)15(20)18-8-10-3-1-2-4-11(10)9-19/h5-7,10-11,19H,1-4,8-9,16-17H2,(H,18,20). The Morgan fingerprint density at radius 3 is 2.35 bits per heavy atom. The van der Waals surface area contributed by atoms with Crippen molar-refractivity contribution in [1.29, 1.82) is 0 Å². The van der Waals surface area contributed by atoms with Gasteiger partial charge in [-0.1, -0.05) is 12.8 Å². The van der Waals surface area contributed by atoms with Crippen LogP contribution in [-0.4, -0.2) is 24.2 Å². The second kappa shape index (κ2) is 6.61. The molecule has 1 fully saturated rings. The Morgan fingerprint density at radius 1 is 1.15 bits per heavy atom. The highest BCUT2D eigenvalue weighted by Crippen LogP contribution is 2.29. The van der Waals surface area contributed by atoms with E-state index >= 15 is 0 Å². The van der Waals surface area contributed by atoms with Crippen molar-refractivity contribution >= 4 is 17.3 Å². The first-order valence-corrected chi connectivity index (χ1v) is 7.15. The first-order valence-electron chi connectivity index (χ1n) is 7.15. The Bertz CT molecular complexity index is 456. The van der Waals surface area contributed by atoms with Gasteiger partial charge in [-0.3, -0.25) is 4.79 Å². The fraction of sp³-hybridized carbons (Fsp3) is 0.533. The number of nitrogens with two attached hydrogens (primary N) is 2. The SMILES string of the molecule is Nc1cc(N)cc(C(=O)NCC2CCCCC2CO)c1. The molecule has 1 aromatic rings. The Balaban J connectivity index is 1.94. The summed E-state index contributed by atoms with van der Waals surface area (Å²) in [5.74, 6) is 0.498. The summed E-state index contributed by atoms with van der Waals surface area (Å²) in [7, 11) is 0. The van der Waals surface area contributed by atoms with Crippen molar-refractivity contribution in [2.24, 2.45) is 11.8 Å². The van der Waals surface area contributed by atoms with Gasteiger partial charge in [0.1, 0.15) is 0 Å². The maximum Gasteiger partial charge on any atom is 0.251 e. The zero-order valence-electron chi connectivity index (χ0n) is 11.6. The number of nitrogen functional groups attached to an aromatic ring is 2. The Kier molecular flexibility index (Phi) is 4.84. The second-order valence-corrected chi connectivity index (χ2v) is 5.59. The zero-order chi connectivity index (χ0) is 14.5. The highest BCUT2D eigenvalue weighted by Gasteiger charge is 2.24. The Morgan fingerprint density at radius 2 is 1.75 bits per heavy atom. The molecule has 110 valence electrons. The molecule has 0 spiro atoms. The van der Waals surface area contributed by atoms with Crippen LogP contribution in [0.3, 0.4) is 0 Å². The van der Waals surface area contributed by atoms with Gasteiger partial charge in [0.05, 0.1) is 0 Å². The molecular formula is C15H23N3O2. The van der Waals surface area contributed by atoms with Gasteiger partial charge in [0.25, 0.3) is 5.91 Å². The molecule has 6 N–H and O–H groups in total. The van der Waals surface area contributed by atoms with Crippen LogP contribution in [0, 0.1) is 11.8 Å². The number of hydrogen-bond donors (Lipinski definition) is 4. The predicted molar refractivity (Wildman–Crippen MR) is 80.1 cm³/mol. The van der Waals surface area contributed by atoms with Crippen molar-refractivity contribution in [2.45, 2.75) is 25.7 Å². The zero-order valence-corrected chi connectivity index (χ0v) is 11.6. The van der Waals surface area contributed by atoms with Gasteiger partial charge in [0.15, 0.2) is 0 Å². The van der Waals surface area contributed by atoms with Crippen molar-refractivity contribution in [1.82, 2.24) is 5.32 Å². The lowest BCUT2D eigenvalue weighted by Crippen LogP contribution is -2.35. The highest BCUT2D eigenvalue weighted by molar-refractivity contribution is 5.96. The van der Waals surface area contributed by atoms with E-state index in [2.05, 4.69) is 5.32 Å². The second-order valence-electron chi connectivity index (χ2n) is 5.59. The van der Waals surface area contributed by atoms with Crippen LogP contribution >= 0.6 is 0 Å². The lowest BCUT2D eigenvalue weighted by Gasteiger charge is -2.30. The molecule has 0 bridgehead atoms. The Labute approximate surface area is 119 Å². The predicted octanol–water partition coefficient (Wildman–Crippen LogP) is 1.38. The van der Waals surface area contributed by atoms with Gasteiger partial charge < -0.3 is 21.9 Å². The number of aliphatic hydroxyl groups is 1. The van der Waals surface area contributed by atoms with Crippen molar-refractivity contribution < 1.29 is 9.90 Å². The van der Waals surface area contributed by atoms with Crippen LogP contribution < -0.4 is 16.8 Å².